The summed E-state index contributed by atoms with van der Waals surface area (Å²) in [5, 5.41) is 7.76. The number of H-pyrrole nitrogens is 2. The van der Waals surface area contributed by atoms with Gasteiger partial charge in [0.15, 0.2) is 0 Å². The highest BCUT2D eigenvalue weighted by atomic mass is 16.2. The van der Waals surface area contributed by atoms with E-state index in [2.05, 4.69) is 15.5 Å². The zero-order valence-electron chi connectivity index (χ0n) is 11.6. The lowest BCUT2D eigenvalue weighted by Gasteiger charge is -2.06. The fourth-order valence-corrected chi connectivity index (χ4v) is 2.24. The summed E-state index contributed by atoms with van der Waals surface area (Å²) in [6, 6.07) is 14.0. The molecule has 1 amide bonds. The number of carbonyl (C=O) groups is 1. The van der Waals surface area contributed by atoms with E-state index in [4.69, 9.17) is 0 Å². The largest absolute Gasteiger partial charge is 0.326 e. The summed E-state index contributed by atoms with van der Waals surface area (Å²) in [6.07, 6.45) is 0.241. The molecule has 6 nitrogen and oxygen atoms in total. The summed E-state index contributed by atoms with van der Waals surface area (Å²) in [4.78, 5) is 35.3. The molecule has 3 rings (SSSR count). The minimum atomic E-state index is -0.409. The van der Waals surface area contributed by atoms with Gasteiger partial charge >= 0.3 is 0 Å². The van der Waals surface area contributed by atoms with Gasteiger partial charge < -0.3 is 5.32 Å². The fraction of sp³-hybridized carbons (Fsp3) is 0.0625. The van der Waals surface area contributed by atoms with Crippen LogP contribution in [0.2, 0.25) is 0 Å². The van der Waals surface area contributed by atoms with Gasteiger partial charge in [-0.25, -0.2) is 0 Å². The molecule has 0 aliphatic carbocycles. The van der Waals surface area contributed by atoms with Crippen molar-refractivity contribution in [2.45, 2.75) is 6.42 Å². The van der Waals surface area contributed by atoms with Crippen LogP contribution in [0.3, 0.4) is 0 Å². The van der Waals surface area contributed by atoms with Gasteiger partial charge in [-0.15, -0.1) is 0 Å². The Hall–Kier alpha value is -3.15. The predicted molar refractivity (Wildman–Crippen MR) is 84.0 cm³/mol. The first kappa shape index (κ1) is 13.8. The number of nitrogens with one attached hydrogen (secondary N) is 3. The first-order valence-corrected chi connectivity index (χ1v) is 6.72. The lowest BCUT2D eigenvalue weighted by Crippen LogP contribution is -2.19. The van der Waals surface area contributed by atoms with Gasteiger partial charge in [-0.05, 0) is 23.8 Å². The van der Waals surface area contributed by atoms with Crippen LogP contribution in [0.25, 0.3) is 10.8 Å². The smallest absolute Gasteiger partial charge is 0.270 e. The fourth-order valence-electron chi connectivity index (χ4n) is 2.24. The number of aromatic nitrogens is 2. The normalized spacial score (nSPS) is 10.5. The quantitative estimate of drug-likeness (QED) is 0.681. The molecule has 2 aromatic carbocycles. The number of benzene rings is 2. The molecule has 0 aliphatic heterocycles. The number of carbonyl (C=O) groups excluding carboxylic acids is 1. The van der Waals surface area contributed by atoms with Crippen LogP contribution in [-0.2, 0) is 11.2 Å². The SMILES string of the molecule is O=C(Cc1ccccc1)Nc1ccc2c(=O)[nH][nH]c(=O)c2c1. The van der Waals surface area contributed by atoms with Crippen molar-refractivity contribution < 1.29 is 4.79 Å². The van der Waals surface area contributed by atoms with E-state index >= 15 is 0 Å². The van der Waals surface area contributed by atoms with Crippen LogP contribution < -0.4 is 16.4 Å². The van der Waals surface area contributed by atoms with Crippen LogP contribution in [0.15, 0.2) is 58.1 Å². The van der Waals surface area contributed by atoms with Gasteiger partial charge in [0.2, 0.25) is 5.91 Å². The molecule has 1 heterocycles. The van der Waals surface area contributed by atoms with E-state index < -0.39 is 5.56 Å². The third-order valence-electron chi connectivity index (χ3n) is 3.29. The Labute approximate surface area is 124 Å². The van der Waals surface area contributed by atoms with Crippen molar-refractivity contribution in [2.75, 3.05) is 5.32 Å². The maximum atomic E-state index is 12.0. The molecular formula is C16H13N3O3. The van der Waals surface area contributed by atoms with Crippen molar-refractivity contribution in [3.05, 3.63) is 74.8 Å². The molecule has 0 saturated carbocycles. The van der Waals surface area contributed by atoms with Crippen molar-refractivity contribution in [1.82, 2.24) is 10.2 Å². The maximum absolute atomic E-state index is 12.0. The average Bonchev–Trinajstić information content (AvgIpc) is 2.52. The molecule has 0 saturated heterocycles. The molecule has 1 aromatic heterocycles. The minimum absolute atomic E-state index is 0.188. The van der Waals surface area contributed by atoms with E-state index in [1.807, 2.05) is 30.3 Å². The van der Waals surface area contributed by atoms with E-state index in [9.17, 15) is 14.4 Å². The predicted octanol–water partition coefficient (Wildman–Crippen LogP) is 1.40. The van der Waals surface area contributed by atoms with Crippen LogP contribution in [0, 0.1) is 0 Å². The number of fused-ring (bicyclic) bond motifs is 1. The Balaban J connectivity index is 1.85. The van der Waals surface area contributed by atoms with Gasteiger partial charge in [0.25, 0.3) is 11.1 Å². The van der Waals surface area contributed by atoms with Crippen LogP contribution in [0.5, 0.6) is 0 Å². The first-order valence-electron chi connectivity index (χ1n) is 6.72. The van der Waals surface area contributed by atoms with Crippen molar-refractivity contribution in [3.8, 4) is 0 Å². The van der Waals surface area contributed by atoms with Gasteiger partial charge in [0.05, 0.1) is 17.2 Å². The molecule has 0 radical (unpaired) electrons. The maximum Gasteiger partial charge on any atom is 0.270 e. The molecule has 3 N–H and O–H groups in total. The van der Waals surface area contributed by atoms with Crippen LogP contribution in [0.4, 0.5) is 5.69 Å². The topological polar surface area (TPSA) is 94.8 Å². The Bertz CT molecular complexity index is 942. The second-order valence-corrected chi connectivity index (χ2v) is 4.88. The molecule has 0 bridgehead atoms. The molecule has 0 atom stereocenters. The number of anilines is 1. The summed E-state index contributed by atoms with van der Waals surface area (Å²) >= 11 is 0. The van der Waals surface area contributed by atoms with E-state index in [-0.39, 0.29) is 28.7 Å². The van der Waals surface area contributed by atoms with Gasteiger partial charge in [-0.2, -0.15) is 0 Å². The number of hydrogen-bond acceptors (Lipinski definition) is 3. The van der Waals surface area contributed by atoms with Crippen LogP contribution in [-0.4, -0.2) is 16.1 Å². The van der Waals surface area contributed by atoms with Gasteiger partial charge in [0, 0.05) is 5.69 Å². The lowest BCUT2D eigenvalue weighted by molar-refractivity contribution is -0.115. The third-order valence-corrected chi connectivity index (χ3v) is 3.29. The molecule has 0 unspecified atom stereocenters. The van der Waals surface area contributed by atoms with E-state index in [1.54, 1.807) is 6.07 Å². The standard InChI is InChI=1S/C16H13N3O3/c20-14(8-10-4-2-1-3-5-10)17-11-6-7-12-13(9-11)16(22)19-18-15(12)21/h1-7,9H,8H2,(H,17,20)(H,18,21)(H,19,22). The van der Waals surface area contributed by atoms with Crippen molar-refractivity contribution in [1.29, 1.82) is 0 Å². The second kappa shape index (κ2) is 5.69. The van der Waals surface area contributed by atoms with E-state index in [0.29, 0.717) is 5.69 Å². The van der Waals surface area contributed by atoms with Gasteiger partial charge in [-0.1, -0.05) is 30.3 Å². The summed E-state index contributed by atoms with van der Waals surface area (Å²) in [6.45, 7) is 0. The van der Waals surface area contributed by atoms with Gasteiger partial charge in [0.1, 0.15) is 0 Å². The zero-order chi connectivity index (χ0) is 15.5. The van der Waals surface area contributed by atoms with Gasteiger partial charge in [-0.3, -0.25) is 24.6 Å². The highest BCUT2D eigenvalue weighted by molar-refractivity contribution is 5.95. The summed E-state index contributed by atoms with van der Waals surface area (Å²) in [5.41, 5.74) is 0.588. The molecule has 3 aromatic rings. The lowest BCUT2D eigenvalue weighted by atomic mass is 10.1. The highest BCUT2D eigenvalue weighted by Gasteiger charge is 2.07. The van der Waals surface area contributed by atoms with Crippen molar-refractivity contribution in [3.63, 3.8) is 0 Å². The average molecular weight is 295 g/mol. The molecule has 0 fully saturated rings. The second-order valence-electron chi connectivity index (χ2n) is 4.88. The Kier molecular flexibility index (Phi) is 3.57. The molecule has 110 valence electrons. The molecule has 0 aliphatic rings. The number of aromatic amines is 2. The summed E-state index contributed by atoms with van der Waals surface area (Å²) < 4.78 is 0. The molecule has 0 spiro atoms. The molecule has 6 heteroatoms. The summed E-state index contributed by atoms with van der Waals surface area (Å²) in [7, 11) is 0. The zero-order valence-corrected chi connectivity index (χ0v) is 11.6. The summed E-state index contributed by atoms with van der Waals surface area (Å²) in [5.74, 6) is -0.188. The monoisotopic (exact) mass is 295 g/mol. The van der Waals surface area contributed by atoms with E-state index in [0.717, 1.165) is 5.56 Å². The third kappa shape index (κ3) is 2.80. The van der Waals surface area contributed by atoms with Crippen LogP contribution >= 0.6 is 0 Å². The van der Waals surface area contributed by atoms with Crippen LogP contribution in [0.1, 0.15) is 5.56 Å². The minimum Gasteiger partial charge on any atom is -0.326 e. The molecule has 22 heavy (non-hydrogen) atoms. The Morgan fingerprint density at radius 3 is 2.32 bits per heavy atom. The van der Waals surface area contributed by atoms with E-state index in [1.165, 1.54) is 12.1 Å². The number of hydrogen-bond donors (Lipinski definition) is 3. The first-order chi connectivity index (χ1) is 10.6. The Morgan fingerprint density at radius 1 is 0.909 bits per heavy atom. The number of rotatable bonds is 3. The number of amides is 1. The Morgan fingerprint density at radius 2 is 1.59 bits per heavy atom. The van der Waals surface area contributed by atoms with Crippen molar-refractivity contribution >= 4 is 22.4 Å². The highest BCUT2D eigenvalue weighted by Crippen LogP contribution is 2.13. The van der Waals surface area contributed by atoms with Crippen molar-refractivity contribution in [2.24, 2.45) is 0 Å². The molecular weight excluding hydrogens is 282 g/mol.